The van der Waals surface area contributed by atoms with E-state index >= 15 is 0 Å². The molecule has 2 amide bonds. The Morgan fingerprint density at radius 3 is 2.46 bits per heavy atom. The number of nitrogens with zero attached hydrogens (tertiary/aromatic N) is 3. The van der Waals surface area contributed by atoms with Gasteiger partial charge >= 0.3 is 6.09 Å². The molecule has 5 rings (SSSR count). The summed E-state index contributed by atoms with van der Waals surface area (Å²) in [6.45, 7) is 4.48. The first-order valence-electron chi connectivity index (χ1n) is 12.8. The molecule has 0 unspecified atom stereocenters. The fraction of sp³-hybridized carbons (Fsp3) is 0.286. The fourth-order valence-corrected chi connectivity index (χ4v) is 5.58. The molecule has 0 bridgehead atoms. The molecule has 0 spiro atoms. The van der Waals surface area contributed by atoms with Crippen molar-refractivity contribution in [3.8, 4) is 0 Å². The molecule has 9 nitrogen and oxygen atoms in total. The Kier molecular flexibility index (Phi) is 7.99. The first kappa shape index (κ1) is 26.5. The second-order valence-corrected chi connectivity index (χ2v) is 10.2. The van der Waals surface area contributed by atoms with Gasteiger partial charge in [-0.15, -0.1) is 16.4 Å². The Morgan fingerprint density at radius 2 is 1.77 bits per heavy atom. The summed E-state index contributed by atoms with van der Waals surface area (Å²) in [5.41, 5.74) is 1.22. The molecule has 4 aromatic rings. The number of amides is 2. The maximum atomic E-state index is 13.5. The highest BCUT2D eigenvalue weighted by molar-refractivity contribution is 7.20. The van der Waals surface area contributed by atoms with Gasteiger partial charge in [0.25, 0.3) is 11.8 Å². The second kappa shape index (κ2) is 11.7. The highest BCUT2D eigenvalue weighted by Crippen LogP contribution is 2.32. The molecule has 2 N–H and O–H groups in total. The van der Waals surface area contributed by atoms with Crippen molar-refractivity contribution < 1.29 is 23.5 Å². The van der Waals surface area contributed by atoms with Crippen molar-refractivity contribution in [3.05, 3.63) is 82.5 Å². The molecule has 3 heterocycles. The van der Waals surface area contributed by atoms with E-state index in [-0.39, 0.29) is 29.9 Å². The van der Waals surface area contributed by atoms with Crippen molar-refractivity contribution in [2.24, 2.45) is 0 Å². The van der Waals surface area contributed by atoms with E-state index in [1.54, 1.807) is 13.0 Å². The molecule has 202 valence electrons. The number of thiophene rings is 1. The first-order valence-corrected chi connectivity index (χ1v) is 13.6. The lowest BCUT2D eigenvalue weighted by Crippen LogP contribution is -2.36. The molecule has 0 aliphatic carbocycles. The minimum absolute atomic E-state index is 0.0966. The third-order valence-corrected chi connectivity index (χ3v) is 7.62. The van der Waals surface area contributed by atoms with Crippen molar-refractivity contribution in [2.45, 2.75) is 25.8 Å². The van der Waals surface area contributed by atoms with Crippen molar-refractivity contribution in [1.82, 2.24) is 20.0 Å². The van der Waals surface area contributed by atoms with Crippen LogP contribution in [-0.2, 0) is 4.74 Å². The van der Waals surface area contributed by atoms with E-state index in [0.29, 0.717) is 21.6 Å². The number of hydrogen-bond acceptors (Lipinski definition) is 7. The lowest BCUT2D eigenvalue weighted by atomic mass is 10.1. The number of nitrogens with one attached hydrogen (secondary N) is 2. The van der Waals surface area contributed by atoms with Crippen LogP contribution in [0.4, 0.5) is 15.0 Å². The molecule has 0 radical (unpaired) electrons. The quantitative estimate of drug-likeness (QED) is 0.318. The van der Waals surface area contributed by atoms with Crippen molar-refractivity contribution >= 4 is 45.3 Å². The minimum Gasteiger partial charge on any atom is -0.448 e. The maximum Gasteiger partial charge on any atom is 0.436 e. The number of ether oxygens (including phenoxy) is 1. The predicted molar refractivity (Wildman–Crippen MR) is 147 cm³/mol. The summed E-state index contributed by atoms with van der Waals surface area (Å²) in [7, 11) is 0. The number of fused-ring (bicyclic) bond motifs is 1. The lowest BCUT2D eigenvalue weighted by Gasteiger charge is -2.24. The van der Waals surface area contributed by atoms with Gasteiger partial charge in [0.15, 0.2) is 5.82 Å². The van der Waals surface area contributed by atoms with Gasteiger partial charge < -0.3 is 20.3 Å². The fourth-order valence-electron chi connectivity index (χ4n) is 4.57. The van der Waals surface area contributed by atoms with E-state index in [2.05, 4.69) is 20.6 Å². The zero-order valence-electron chi connectivity index (χ0n) is 21.4. The molecule has 1 aliphatic rings. The molecule has 1 atom stereocenters. The largest absolute Gasteiger partial charge is 0.448 e. The van der Waals surface area contributed by atoms with E-state index in [0.717, 1.165) is 47.5 Å². The van der Waals surface area contributed by atoms with Gasteiger partial charge in [-0.1, -0.05) is 30.3 Å². The normalized spacial score (nSPS) is 14.3. The number of hydrogen-bond donors (Lipinski definition) is 2. The number of likely N-dealkylation sites (tertiary alicyclic amines) is 1. The summed E-state index contributed by atoms with van der Waals surface area (Å²) in [4.78, 5) is 42.0. The lowest BCUT2D eigenvalue weighted by molar-refractivity contribution is 0.0930. The van der Waals surface area contributed by atoms with E-state index in [1.165, 1.54) is 24.3 Å². The molecule has 0 saturated carbocycles. The summed E-state index contributed by atoms with van der Waals surface area (Å²) < 4.78 is 19.5. The van der Waals surface area contributed by atoms with E-state index in [9.17, 15) is 18.8 Å². The Labute approximate surface area is 228 Å². The number of rotatable bonds is 8. The van der Waals surface area contributed by atoms with E-state index < -0.39 is 17.8 Å². The Hall–Kier alpha value is -4.09. The Morgan fingerprint density at radius 1 is 1.05 bits per heavy atom. The van der Waals surface area contributed by atoms with Crippen LogP contribution in [0.25, 0.3) is 10.2 Å². The highest BCUT2D eigenvalue weighted by Gasteiger charge is 2.26. The molecular formula is C28H28FN5O4S. The molecule has 2 aromatic carbocycles. The number of benzene rings is 2. The molecular weight excluding hydrogens is 521 g/mol. The first-order chi connectivity index (χ1) is 18.9. The van der Waals surface area contributed by atoms with Gasteiger partial charge in [0.1, 0.15) is 10.6 Å². The van der Waals surface area contributed by atoms with Crippen LogP contribution in [-0.4, -0.2) is 58.8 Å². The van der Waals surface area contributed by atoms with Crippen LogP contribution in [0.3, 0.4) is 0 Å². The van der Waals surface area contributed by atoms with Gasteiger partial charge in [-0.25, -0.2) is 9.18 Å². The third kappa shape index (κ3) is 5.99. The number of anilines is 1. The van der Waals surface area contributed by atoms with Crippen molar-refractivity contribution in [1.29, 1.82) is 0 Å². The SMILES string of the molecule is CCOC(=O)n1nc(NC(=O)c2ccc(F)cc2)c2cc(C(=O)N[C@@H](CN3CCCC3)c3ccccc3)sc21. The summed E-state index contributed by atoms with van der Waals surface area (Å²) in [5.74, 6) is -1.19. The predicted octanol–water partition coefficient (Wildman–Crippen LogP) is 5.06. The highest BCUT2D eigenvalue weighted by atomic mass is 32.1. The van der Waals surface area contributed by atoms with Gasteiger partial charge in [-0.3, -0.25) is 9.59 Å². The summed E-state index contributed by atoms with van der Waals surface area (Å²) in [6, 6.07) is 16.3. The third-order valence-electron chi connectivity index (χ3n) is 6.51. The summed E-state index contributed by atoms with van der Waals surface area (Å²) >= 11 is 1.08. The average molecular weight is 550 g/mol. The van der Waals surface area contributed by atoms with Crippen LogP contribution in [0.2, 0.25) is 0 Å². The molecule has 11 heteroatoms. The minimum atomic E-state index is -0.727. The van der Waals surface area contributed by atoms with Gasteiger partial charge in [-0.05, 0) is 68.8 Å². The maximum absolute atomic E-state index is 13.5. The number of carbonyl (C=O) groups is 3. The molecule has 2 aromatic heterocycles. The van der Waals surface area contributed by atoms with Crippen LogP contribution in [0.1, 0.15) is 51.4 Å². The number of carbonyl (C=O) groups excluding carboxylic acids is 3. The van der Waals surface area contributed by atoms with Crippen molar-refractivity contribution in [2.75, 3.05) is 31.6 Å². The number of aromatic nitrogens is 2. The Bertz CT molecular complexity index is 1480. The van der Waals surface area contributed by atoms with Crippen molar-refractivity contribution in [3.63, 3.8) is 0 Å². The molecule has 1 saturated heterocycles. The molecule has 1 fully saturated rings. The van der Waals surface area contributed by atoms with Gasteiger partial charge in [-0.2, -0.15) is 4.68 Å². The zero-order valence-corrected chi connectivity index (χ0v) is 22.2. The van der Waals surface area contributed by atoms with E-state index in [4.69, 9.17) is 4.74 Å². The number of halogens is 1. The smallest absolute Gasteiger partial charge is 0.436 e. The van der Waals surface area contributed by atoms with Gasteiger partial charge in [0, 0.05) is 12.1 Å². The standard InChI is InChI=1S/C28H28FN5O4S/c1-2-38-28(37)34-27-21(24(32-34)31-25(35)19-10-12-20(29)13-11-19)16-23(39-27)26(36)30-22(17-33-14-6-7-15-33)18-8-4-3-5-9-18/h3-5,8-13,16,22H,2,6-7,14-15,17H2,1H3,(H,30,36)(H,31,32,35)/t22-/m0/s1. The second-order valence-electron chi connectivity index (χ2n) is 9.19. The van der Waals surface area contributed by atoms with E-state index in [1.807, 2.05) is 30.3 Å². The average Bonchev–Trinajstić information content (AvgIpc) is 3.68. The van der Waals surface area contributed by atoms with Crippen LogP contribution in [0.5, 0.6) is 0 Å². The monoisotopic (exact) mass is 549 g/mol. The zero-order chi connectivity index (χ0) is 27.4. The molecule has 39 heavy (non-hydrogen) atoms. The van der Waals surface area contributed by atoms with Crippen LogP contribution in [0, 0.1) is 5.82 Å². The summed E-state index contributed by atoms with van der Waals surface area (Å²) in [5, 5.41) is 10.5. The van der Waals surface area contributed by atoms with Crippen LogP contribution >= 0.6 is 11.3 Å². The van der Waals surface area contributed by atoms with Crippen LogP contribution in [0.15, 0.2) is 60.7 Å². The molecule has 1 aliphatic heterocycles. The van der Waals surface area contributed by atoms with Gasteiger partial charge in [0.2, 0.25) is 0 Å². The Balaban J connectivity index is 1.44. The summed E-state index contributed by atoms with van der Waals surface area (Å²) in [6.07, 6.45) is 1.56. The van der Waals surface area contributed by atoms with Crippen LogP contribution < -0.4 is 10.6 Å². The topological polar surface area (TPSA) is 106 Å². The van der Waals surface area contributed by atoms with Gasteiger partial charge in [0.05, 0.1) is 22.9 Å².